The summed E-state index contributed by atoms with van der Waals surface area (Å²) in [6.07, 6.45) is 6.64. The highest BCUT2D eigenvalue weighted by Crippen LogP contribution is 2.50. The number of nitrogens with zero attached hydrogens (tertiary/aromatic N) is 12. The van der Waals surface area contributed by atoms with Gasteiger partial charge in [-0.15, -0.1) is 0 Å². The van der Waals surface area contributed by atoms with Crippen molar-refractivity contribution in [3.05, 3.63) is 426 Å². The molecule has 0 spiro atoms. The van der Waals surface area contributed by atoms with Crippen LogP contribution in [0.4, 0.5) is 0 Å². The van der Waals surface area contributed by atoms with Gasteiger partial charge in [0.25, 0.3) is 0 Å². The normalized spacial score (nSPS) is 12.5. The molecule has 0 amide bonds. The Labute approximate surface area is 747 Å². The molecule has 1 unspecified atom stereocenters. The Morgan fingerprint density at radius 3 is 1.07 bits per heavy atom. The second kappa shape index (κ2) is 33.7. The molecule has 1 atom stereocenters. The van der Waals surface area contributed by atoms with Gasteiger partial charge in [0.15, 0.2) is 34.9 Å². The Morgan fingerprint density at radius 2 is 0.628 bits per heavy atom. The molecule has 606 valence electrons. The van der Waals surface area contributed by atoms with Gasteiger partial charge in [-0.1, -0.05) is 304 Å². The Morgan fingerprint density at radius 1 is 0.279 bits per heavy atom. The molecule has 1 aliphatic carbocycles. The number of allylic oxidation sites excluding steroid dienone is 4. The zero-order valence-electron chi connectivity index (χ0n) is 70.9. The predicted octanol–water partition coefficient (Wildman–Crippen LogP) is 28.1. The maximum Gasteiger partial charge on any atom is 0.164 e. The molecular formula is C117H78N12. The van der Waals surface area contributed by atoms with Crippen LogP contribution in [0.3, 0.4) is 0 Å². The van der Waals surface area contributed by atoms with E-state index in [0.29, 0.717) is 79.5 Å². The third-order valence-corrected chi connectivity index (χ3v) is 24.9. The minimum atomic E-state index is 0.119. The van der Waals surface area contributed by atoms with Crippen molar-refractivity contribution in [1.82, 2.24) is 39.0 Å². The standard InChI is InChI=1S/C117H78N12/c1-73-40-48-78(49-41-73)84-53-57-108-100(62-84)101-63-85(54-58-109(101)129(108)110-102(94-35-19-16-32-87(94)69-118)65-91(66-103(110)95-36-20-17-33-88(95)70-119)116-124-112(80-24-8-4-9-25-80)122-113(125-116)81-26-10-5-11-27-81)79-51-45-76(46-52-79)43-44-77-47-56-93(75(3)61-77)86-55-59-107-99(64-86)97-38-22-23-39-106(97)128(107)111-104(96-37-21-18-34-89(96)71-120)67-92(68-105(111)98-60-74(2)42-50-90(98)72-121)117-126-114(82-28-12-6-13-29-82)123-115(127-117)83-30-14-7-15-31-83/h4-41,45-68,74H,42-44H2,1-3H3. The van der Waals surface area contributed by atoms with Crippen LogP contribution in [0, 0.1) is 65.1 Å². The average Bonchev–Trinajstić information content (AvgIpc) is 1.58. The highest BCUT2D eigenvalue weighted by Gasteiger charge is 2.31. The van der Waals surface area contributed by atoms with Gasteiger partial charge in [0, 0.05) is 93.9 Å². The second-order valence-electron chi connectivity index (χ2n) is 33.0. The van der Waals surface area contributed by atoms with Gasteiger partial charge in [0.1, 0.15) is 0 Å². The third kappa shape index (κ3) is 14.8. The maximum atomic E-state index is 11.1. The SMILES string of the molecule is Cc1ccc(-c2ccc3c(c2)c2cc(-c4ccc(CCc5ccc(-c6ccc7c(c6)c6ccccc6n7-c6c(C7=CC(C)CC=C7C#N)cc(-c7nc(-c8ccccc8)nc(-c8ccccc8)n7)cc6-c6ccccc6C#N)c(C)c5)cc4)ccc2n3-c2c(-c3ccccc3C#N)cc(-c3nc(-c4ccccc4)nc(-c4ccccc4)n3)cc2-c2ccccc2C#N)cc1. The summed E-state index contributed by atoms with van der Waals surface area (Å²) in [4.78, 5) is 31.2. The highest BCUT2D eigenvalue weighted by molar-refractivity contribution is 6.15. The molecule has 20 aromatic rings. The molecule has 0 saturated heterocycles. The lowest BCUT2D eigenvalue weighted by Crippen LogP contribution is -2.08. The Balaban J connectivity index is 0.641. The van der Waals surface area contributed by atoms with Gasteiger partial charge >= 0.3 is 0 Å². The van der Waals surface area contributed by atoms with Crippen LogP contribution >= 0.6 is 0 Å². The van der Waals surface area contributed by atoms with Gasteiger partial charge in [-0.3, -0.25) is 0 Å². The fraction of sp³-hybridized carbons (Fsp3) is 0.0598. The molecule has 16 aromatic carbocycles. The van der Waals surface area contributed by atoms with Crippen molar-refractivity contribution >= 4 is 49.2 Å². The molecule has 12 nitrogen and oxygen atoms in total. The summed E-state index contributed by atoms with van der Waals surface area (Å²) < 4.78 is 4.66. The van der Waals surface area contributed by atoms with E-state index in [-0.39, 0.29) is 5.92 Å². The van der Waals surface area contributed by atoms with E-state index in [1.807, 2.05) is 194 Å². The number of rotatable bonds is 18. The number of hydrogen-bond acceptors (Lipinski definition) is 10. The van der Waals surface area contributed by atoms with Crippen LogP contribution in [-0.4, -0.2) is 39.0 Å². The minimum Gasteiger partial charge on any atom is -0.308 e. The summed E-state index contributed by atoms with van der Waals surface area (Å²) in [5, 5.41) is 48.7. The number of fused-ring (bicyclic) bond motifs is 6. The Hall–Kier alpha value is -17.4. The first-order chi connectivity index (χ1) is 63.5. The zero-order chi connectivity index (χ0) is 87.2. The first-order valence-electron chi connectivity index (χ1n) is 43.3. The number of benzene rings is 16. The van der Waals surface area contributed by atoms with Crippen molar-refractivity contribution in [2.24, 2.45) is 5.92 Å². The van der Waals surface area contributed by atoms with Crippen molar-refractivity contribution in [2.45, 2.75) is 40.0 Å². The smallest absolute Gasteiger partial charge is 0.164 e. The molecule has 0 radical (unpaired) electrons. The molecule has 0 fully saturated rings. The maximum absolute atomic E-state index is 11.1. The van der Waals surface area contributed by atoms with Gasteiger partial charge in [-0.05, 0) is 180 Å². The number of para-hydroxylation sites is 1. The van der Waals surface area contributed by atoms with E-state index in [9.17, 15) is 21.0 Å². The van der Waals surface area contributed by atoms with Gasteiger partial charge < -0.3 is 9.13 Å². The van der Waals surface area contributed by atoms with Gasteiger partial charge in [-0.25, -0.2) is 29.9 Å². The first-order valence-corrected chi connectivity index (χ1v) is 43.3. The zero-order valence-corrected chi connectivity index (χ0v) is 70.9. The van der Waals surface area contributed by atoms with E-state index >= 15 is 0 Å². The molecule has 4 aromatic heterocycles. The van der Waals surface area contributed by atoms with Crippen molar-refractivity contribution in [3.63, 3.8) is 0 Å². The molecule has 4 heterocycles. The molecule has 0 aliphatic heterocycles. The van der Waals surface area contributed by atoms with Gasteiger partial charge in [0.05, 0.1) is 80.0 Å². The summed E-state index contributed by atoms with van der Waals surface area (Å²) in [7, 11) is 0. The topological polar surface area (TPSA) is 182 Å². The monoisotopic (exact) mass is 1650 g/mol. The summed E-state index contributed by atoms with van der Waals surface area (Å²) in [6.45, 7) is 6.50. The van der Waals surface area contributed by atoms with Crippen LogP contribution in [0.25, 0.3) is 196 Å². The van der Waals surface area contributed by atoms with Crippen molar-refractivity contribution in [3.8, 4) is 171 Å². The largest absolute Gasteiger partial charge is 0.308 e. The van der Waals surface area contributed by atoms with Crippen LogP contribution < -0.4 is 0 Å². The fourth-order valence-electron chi connectivity index (χ4n) is 18.5. The summed E-state index contributed by atoms with van der Waals surface area (Å²) in [5.41, 5.74) is 29.5. The molecular weight excluding hydrogens is 1570 g/mol. The van der Waals surface area contributed by atoms with Crippen LogP contribution in [0.2, 0.25) is 0 Å². The number of aromatic nitrogens is 8. The lowest BCUT2D eigenvalue weighted by molar-refractivity contribution is 0.737. The number of hydrogen-bond donors (Lipinski definition) is 0. The molecule has 129 heavy (non-hydrogen) atoms. The van der Waals surface area contributed by atoms with Crippen LogP contribution in [-0.2, 0) is 12.8 Å². The highest BCUT2D eigenvalue weighted by atomic mass is 15.1. The summed E-state index contributed by atoms with van der Waals surface area (Å²) >= 11 is 0. The second-order valence-corrected chi connectivity index (χ2v) is 33.0. The van der Waals surface area contributed by atoms with E-state index in [0.717, 1.165) is 163 Å². The third-order valence-electron chi connectivity index (χ3n) is 24.9. The minimum absolute atomic E-state index is 0.119. The first kappa shape index (κ1) is 78.8. The van der Waals surface area contributed by atoms with E-state index in [2.05, 4.69) is 236 Å². The average molecular weight is 1650 g/mol. The van der Waals surface area contributed by atoms with E-state index in [1.165, 1.54) is 22.3 Å². The van der Waals surface area contributed by atoms with Crippen LogP contribution in [0.5, 0.6) is 0 Å². The molecule has 0 saturated carbocycles. The molecule has 0 N–H and O–H groups in total. The van der Waals surface area contributed by atoms with E-state index in [1.54, 1.807) is 0 Å². The van der Waals surface area contributed by atoms with E-state index < -0.39 is 0 Å². The fourth-order valence-corrected chi connectivity index (χ4v) is 18.5. The Bertz CT molecular complexity index is 7940. The number of nitriles is 4. The quantitative estimate of drug-likeness (QED) is 0.0801. The van der Waals surface area contributed by atoms with Crippen molar-refractivity contribution in [1.29, 1.82) is 21.0 Å². The van der Waals surface area contributed by atoms with Gasteiger partial charge in [-0.2, -0.15) is 21.0 Å². The van der Waals surface area contributed by atoms with Crippen molar-refractivity contribution in [2.75, 3.05) is 0 Å². The number of aryl methyl sites for hydroxylation is 4. The van der Waals surface area contributed by atoms with Gasteiger partial charge in [0.2, 0.25) is 0 Å². The van der Waals surface area contributed by atoms with Crippen LogP contribution in [0.15, 0.2) is 382 Å². The van der Waals surface area contributed by atoms with E-state index in [4.69, 9.17) is 29.9 Å². The molecule has 12 heteroatoms. The lowest BCUT2D eigenvalue weighted by atomic mass is 9.84. The molecule has 1 aliphatic rings. The predicted molar refractivity (Wildman–Crippen MR) is 520 cm³/mol. The molecule has 21 rings (SSSR count). The lowest BCUT2D eigenvalue weighted by Gasteiger charge is -2.24. The summed E-state index contributed by atoms with van der Waals surface area (Å²) in [5.74, 6) is 3.06. The molecule has 0 bridgehead atoms. The van der Waals surface area contributed by atoms with Crippen LogP contribution in [0.1, 0.15) is 57.9 Å². The Kier molecular flexibility index (Phi) is 20.6. The summed E-state index contributed by atoms with van der Waals surface area (Å²) in [6, 6.07) is 135. The van der Waals surface area contributed by atoms with Crippen molar-refractivity contribution < 1.29 is 0 Å².